The maximum Gasteiger partial charge on any atom is 0.0789 e. The fraction of sp³-hybridized carbons (Fsp3) is 0. The second-order valence-electron chi connectivity index (χ2n) is 16.9. The molecule has 0 spiro atoms. The summed E-state index contributed by atoms with van der Waals surface area (Å²) in [6.45, 7) is 0. The molecule has 3 aromatic heterocycles. The van der Waals surface area contributed by atoms with E-state index < -0.39 is 0 Å². The lowest BCUT2D eigenvalue weighted by Crippen LogP contribution is -2.10. The first-order valence-electron chi connectivity index (χ1n) is 22.6. The first-order valence-corrected chi connectivity index (χ1v) is 22.6. The molecule has 0 amide bonds. The van der Waals surface area contributed by atoms with Crippen LogP contribution in [0.4, 0.5) is 17.1 Å². The maximum atomic E-state index is 2.51. The molecular weight excluding hydrogens is 801 g/mol. The summed E-state index contributed by atoms with van der Waals surface area (Å²) >= 11 is 0. The van der Waals surface area contributed by atoms with Crippen LogP contribution >= 0.6 is 0 Å². The van der Waals surface area contributed by atoms with E-state index in [2.05, 4.69) is 273 Å². The second kappa shape index (κ2) is 15.4. The summed E-state index contributed by atoms with van der Waals surface area (Å²) in [5.74, 6) is 0. The van der Waals surface area contributed by atoms with E-state index in [1.54, 1.807) is 0 Å². The second-order valence-corrected chi connectivity index (χ2v) is 16.9. The maximum absolute atomic E-state index is 2.51. The van der Waals surface area contributed by atoms with Gasteiger partial charge in [-0.3, -0.25) is 0 Å². The summed E-state index contributed by atoms with van der Waals surface area (Å²) < 4.78 is 7.38. The van der Waals surface area contributed by atoms with Gasteiger partial charge in [0.15, 0.2) is 0 Å². The molecule has 0 radical (unpaired) electrons. The molecule has 4 heteroatoms. The fourth-order valence-electron chi connectivity index (χ4n) is 10.4. The highest BCUT2D eigenvalue weighted by molar-refractivity contribution is 6.22. The van der Waals surface area contributed by atoms with Crippen LogP contribution in [-0.2, 0) is 0 Å². The first kappa shape index (κ1) is 37.7. The van der Waals surface area contributed by atoms with Gasteiger partial charge in [0.05, 0.1) is 33.3 Å². The topological polar surface area (TPSA) is 18.0 Å². The van der Waals surface area contributed by atoms with Crippen LogP contribution in [0.1, 0.15) is 0 Å². The SMILES string of the molecule is c1ccc(-c2c(-c3ccccc3)n(-c3ccccc3)c3c2ccc2c4ccccc4n(-c4cccc(N(c5ccccc5)c5ccc6c(c5)c5ccccc5n6-c5ccccc5)c4)c23)cc1. The van der Waals surface area contributed by atoms with Gasteiger partial charge in [-0.15, -0.1) is 0 Å². The number of hydrogen-bond donors (Lipinski definition) is 0. The van der Waals surface area contributed by atoms with Crippen LogP contribution in [0.15, 0.2) is 255 Å². The minimum Gasteiger partial charge on any atom is -0.310 e. The third-order valence-electron chi connectivity index (χ3n) is 13.2. The van der Waals surface area contributed by atoms with Gasteiger partial charge in [0.25, 0.3) is 0 Å². The van der Waals surface area contributed by atoms with E-state index >= 15 is 0 Å². The molecular formula is C62H42N4. The number of fused-ring (bicyclic) bond motifs is 8. The van der Waals surface area contributed by atoms with Crippen molar-refractivity contribution in [2.24, 2.45) is 0 Å². The van der Waals surface area contributed by atoms with Crippen LogP contribution in [0.25, 0.3) is 94.0 Å². The summed E-state index contributed by atoms with van der Waals surface area (Å²) in [5.41, 5.74) is 17.2. The smallest absolute Gasteiger partial charge is 0.0789 e. The van der Waals surface area contributed by atoms with Crippen molar-refractivity contribution in [1.29, 1.82) is 0 Å². The van der Waals surface area contributed by atoms with E-state index in [1.807, 2.05) is 0 Å². The Balaban J connectivity index is 1.09. The molecule has 310 valence electrons. The molecule has 10 aromatic carbocycles. The Morgan fingerprint density at radius 3 is 1.41 bits per heavy atom. The van der Waals surface area contributed by atoms with Crippen LogP contribution in [-0.4, -0.2) is 13.7 Å². The molecule has 13 rings (SSSR count). The van der Waals surface area contributed by atoms with E-state index in [-0.39, 0.29) is 0 Å². The fourth-order valence-corrected chi connectivity index (χ4v) is 10.4. The number of para-hydroxylation sites is 5. The van der Waals surface area contributed by atoms with Crippen LogP contribution in [0.3, 0.4) is 0 Å². The highest BCUT2D eigenvalue weighted by Gasteiger charge is 2.26. The Labute approximate surface area is 382 Å². The molecule has 0 saturated heterocycles. The van der Waals surface area contributed by atoms with Gasteiger partial charge in [0.2, 0.25) is 0 Å². The first-order chi connectivity index (χ1) is 32.8. The van der Waals surface area contributed by atoms with Crippen molar-refractivity contribution in [1.82, 2.24) is 13.7 Å². The number of rotatable bonds is 8. The van der Waals surface area contributed by atoms with Crippen molar-refractivity contribution in [2.45, 2.75) is 0 Å². The zero-order chi connectivity index (χ0) is 43.6. The van der Waals surface area contributed by atoms with Crippen LogP contribution < -0.4 is 4.90 Å². The summed E-state index contributed by atoms with van der Waals surface area (Å²) in [6.07, 6.45) is 0. The highest BCUT2D eigenvalue weighted by Crippen LogP contribution is 2.48. The average Bonchev–Trinajstić information content (AvgIpc) is 4.04. The van der Waals surface area contributed by atoms with E-state index in [1.165, 1.54) is 54.8 Å². The molecule has 0 N–H and O–H groups in total. The van der Waals surface area contributed by atoms with Gasteiger partial charge < -0.3 is 18.6 Å². The normalized spacial score (nSPS) is 11.6. The van der Waals surface area contributed by atoms with Crippen molar-refractivity contribution in [2.75, 3.05) is 4.90 Å². The van der Waals surface area contributed by atoms with Crippen molar-refractivity contribution >= 4 is 71.6 Å². The Bertz CT molecular complexity index is 3900. The lowest BCUT2D eigenvalue weighted by molar-refractivity contribution is 1.12. The largest absolute Gasteiger partial charge is 0.310 e. The molecule has 3 heterocycles. The standard InChI is InChI=1S/C62H42N4/c1-6-21-43(22-7-1)59-54-39-38-53-51-33-16-19-36-57(51)65(61(53)62(54)66(47-29-14-5-15-30-47)60(59)44-23-8-2-9-24-44)49-32-20-31-48(41-49)63(45-25-10-3-11-26-45)50-37-40-58-55(42-50)52-34-17-18-35-56(52)64(58)46-27-12-4-13-28-46/h1-42H. The van der Waals surface area contributed by atoms with Crippen LogP contribution in [0, 0.1) is 0 Å². The molecule has 0 fully saturated rings. The Kier molecular flexibility index (Phi) is 8.81. The minimum absolute atomic E-state index is 1.07. The molecule has 0 aliphatic rings. The predicted octanol–water partition coefficient (Wildman–Crippen LogP) is 16.6. The quantitative estimate of drug-likeness (QED) is 0.149. The number of nitrogens with zero attached hydrogens (tertiary/aromatic N) is 4. The highest BCUT2D eigenvalue weighted by atomic mass is 15.1. The third kappa shape index (κ3) is 5.93. The van der Waals surface area contributed by atoms with Gasteiger partial charge >= 0.3 is 0 Å². The molecule has 0 aliphatic heterocycles. The molecule has 0 aliphatic carbocycles. The van der Waals surface area contributed by atoms with Crippen LogP contribution in [0.5, 0.6) is 0 Å². The Hall–Kier alpha value is -8.86. The van der Waals surface area contributed by atoms with Crippen molar-refractivity contribution in [3.8, 4) is 39.4 Å². The monoisotopic (exact) mass is 842 g/mol. The zero-order valence-electron chi connectivity index (χ0n) is 36.0. The lowest BCUT2D eigenvalue weighted by Gasteiger charge is -2.26. The predicted molar refractivity (Wildman–Crippen MR) is 278 cm³/mol. The average molecular weight is 843 g/mol. The molecule has 66 heavy (non-hydrogen) atoms. The molecule has 13 aromatic rings. The molecule has 4 nitrogen and oxygen atoms in total. The summed E-state index contributed by atoms with van der Waals surface area (Å²) in [7, 11) is 0. The van der Waals surface area contributed by atoms with E-state index in [4.69, 9.17) is 0 Å². The molecule has 0 atom stereocenters. The number of benzene rings is 10. The van der Waals surface area contributed by atoms with Gasteiger partial charge in [-0.2, -0.15) is 0 Å². The van der Waals surface area contributed by atoms with E-state index in [0.717, 1.165) is 56.2 Å². The molecule has 0 unspecified atom stereocenters. The minimum atomic E-state index is 1.07. The number of hydrogen-bond acceptors (Lipinski definition) is 1. The van der Waals surface area contributed by atoms with Gasteiger partial charge in [0.1, 0.15) is 0 Å². The zero-order valence-corrected chi connectivity index (χ0v) is 36.0. The van der Waals surface area contributed by atoms with Crippen molar-refractivity contribution in [3.63, 3.8) is 0 Å². The van der Waals surface area contributed by atoms with Gasteiger partial charge in [0, 0.05) is 66.6 Å². The Morgan fingerprint density at radius 2 is 0.727 bits per heavy atom. The summed E-state index contributed by atoms with van der Waals surface area (Å²) in [5, 5.41) is 6.05. The van der Waals surface area contributed by atoms with Gasteiger partial charge in [-0.05, 0) is 96.1 Å². The lowest BCUT2D eigenvalue weighted by atomic mass is 9.98. The third-order valence-corrected chi connectivity index (χ3v) is 13.2. The van der Waals surface area contributed by atoms with Gasteiger partial charge in [-0.1, -0.05) is 170 Å². The van der Waals surface area contributed by atoms with Crippen molar-refractivity contribution in [3.05, 3.63) is 255 Å². The van der Waals surface area contributed by atoms with E-state index in [0.29, 0.717) is 0 Å². The van der Waals surface area contributed by atoms with Crippen molar-refractivity contribution < 1.29 is 0 Å². The number of aromatic nitrogens is 3. The number of anilines is 3. The molecule has 0 bridgehead atoms. The van der Waals surface area contributed by atoms with Crippen LogP contribution in [0.2, 0.25) is 0 Å². The molecule has 0 saturated carbocycles. The van der Waals surface area contributed by atoms with E-state index in [9.17, 15) is 0 Å². The van der Waals surface area contributed by atoms with Gasteiger partial charge in [-0.25, -0.2) is 0 Å². The summed E-state index contributed by atoms with van der Waals surface area (Å²) in [4.78, 5) is 2.40. The summed E-state index contributed by atoms with van der Waals surface area (Å²) in [6, 6.07) is 92.4. The Morgan fingerprint density at radius 1 is 0.258 bits per heavy atom.